The van der Waals surface area contributed by atoms with Gasteiger partial charge in [-0.15, -0.1) is 0 Å². The molecule has 0 bridgehead atoms. The van der Waals surface area contributed by atoms with Crippen LogP contribution in [0.1, 0.15) is 34.3 Å². The van der Waals surface area contributed by atoms with Gasteiger partial charge in [0.05, 0.1) is 11.1 Å². The van der Waals surface area contributed by atoms with Gasteiger partial charge in [-0.25, -0.2) is 4.79 Å². The predicted molar refractivity (Wildman–Crippen MR) is 107 cm³/mol. The second-order valence-corrected chi connectivity index (χ2v) is 7.49. The number of hydrogen-bond acceptors (Lipinski definition) is 3. The molecule has 0 spiro atoms. The van der Waals surface area contributed by atoms with E-state index in [1.807, 2.05) is 12.1 Å². The first-order valence-corrected chi connectivity index (χ1v) is 9.56. The Labute approximate surface area is 175 Å². The van der Waals surface area contributed by atoms with E-state index in [4.69, 9.17) is 4.74 Å². The Hall–Kier alpha value is -3.55. The smallest absolute Gasteiger partial charge is 0.416 e. The van der Waals surface area contributed by atoms with E-state index >= 15 is 0 Å². The molecule has 0 aromatic heterocycles. The van der Waals surface area contributed by atoms with Crippen molar-refractivity contribution in [1.29, 1.82) is 0 Å². The lowest BCUT2D eigenvalue weighted by molar-refractivity contribution is -0.140. The normalized spacial score (nSPS) is 14.8. The number of fused-ring (bicyclic) bond motifs is 1. The summed E-state index contributed by atoms with van der Waals surface area (Å²) in [6.07, 6.45) is -3.73. The molecule has 2 N–H and O–H groups in total. The van der Waals surface area contributed by atoms with Gasteiger partial charge in [0.15, 0.2) is 0 Å². The number of rotatable bonds is 6. The van der Waals surface area contributed by atoms with Crippen LogP contribution in [-0.2, 0) is 17.6 Å². The van der Waals surface area contributed by atoms with Gasteiger partial charge in [-0.3, -0.25) is 4.79 Å². The highest BCUT2D eigenvalue weighted by atomic mass is 19.4. The number of alkyl halides is 3. The Balaban J connectivity index is 1.63. The largest absolute Gasteiger partial charge is 0.487 e. The predicted octanol–water partition coefficient (Wildman–Crippen LogP) is 4.78. The molecule has 31 heavy (non-hydrogen) atoms. The van der Waals surface area contributed by atoms with Crippen molar-refractivity contribution in [2.45, 2.75) is 31.2 Å². The fraction of sp³-hybridized carbons (Fsp3) is 0.217. The zero-order valence-corrected chi connectivity index (χ0v) is 16.2. The molecule has 5 nitrogen and oxygen atoms in total. The molecule has 4 rings (SSSR count). The van der Waals surface area contributed by atoms with E-state index in [0.717, 1.165) is 17.5 Å². The van der Waals surface area contributed by atoms with Crippen molar-refractivity contribution in [2.24, 2.45) is 0 Å². The van der Waals surface area contributed by atoms with Crippen molar-refractivity contribution < 1.29 is 32.6 Å². The summed E-state index contributed by atoms with van der Waals surface area (Å²) in [5.41, 5.74) is -1.35. The summed E-state index contributed by atoms with van der Waals surface area (Å²) in [7, 11) is 0. The van der Waals surface area contributed by atoms with Crippen LogP contribution in [-0.4, -0.2) is 22.5 Å². The lowest BCUT2D eigenvalue weighted by Crippen LogP contribution is -2.43. The van der Waals surface area contributed by atoms with Crippen molar-refractivity contribution in [1.82, 2.24) is 5.32 Å². The third-order valence-corrected chi connectivity index (χ3v) is 5.30. The van der Waals surface area contributed by atoms with Crippen molar-refractivity contribution in [3.05, 3.63) is 77.4 Å². The van der Waals surface area contributed by atoms with Gasteiger partial charge in [0, 0.05) is 5.39 Å². The topological polar surface area (TPSA) is 75.6 Å². The van der Waals surface area contributed by atoms with Gasteiger partial charge in [0.1, 0.15) is 17.9 Å². The van der Waals surface area contributed by atoms with Gasteiger partial charge >= 0.3 is 12.1 Å². The summed E-state index contributed by atoms with van der Waals surface area (Å²) >= 11 is 0. The van der Waals surface area contributed by atoms with Crippen molar-refractivity contribution in [2.75, 3.05) is 0 Å². The van der Waals surface area contributed by atoms with Crippen molar-refractivity contribution >= 4 is 22.6 Å². The third-order valence-electron chi connectivity index (χ3n) is 5.30. The summed E-state index contributed by atoms with van der Waals surface area (Å²) in [5, 5.41) is 13.4. The number of carboxylic acid groups (broad SMARTS) is 1. The Kier molecular flexibility index (Phi) is 5.08. The number of carbonyl (C=O) groups excluding carboxylic acids is 1. The number of aliphatic carboxylic acids is 1. The highest BCUT2D eigenvalue weighted by Crippen LogP contribution is 2.37. The highest BCUT2D eigenvalue weighted by molar-refractivity contribution is 6.05. The van der Waals surface area contributed by atoms with Crippen LogP contribution < -0.4 is 10.1 Å². The van der Waals surface area contributed by atoms with Crippen molar-refractivity contribution in [3.8, 4) is 5.75 Å². The van der Waals surface area contributed by atoms with Gasteiger partial charge in [-0.2, -0.15) is 13.2 Å². The zero-order chi connectivity index (χ0) is 22.2. The van der Waals surface area contributed by atoms with E-state index in [2.05, 4.69) is 5.32 Å². The van der Waals surface area contributed by atoms with Crippen molar-refractivity contribution in [3.63, 3.8) is 0 Å². The molecule has 1 saturated carbocycles. The van der Waals surface area contributed by atoms with Crippen LogP contribution >= 0.6 is 0 Å². The monoisotopic (exact) mass is 429 g/mol. The Morgan fingerprint density at radius 2 is 1.68 bits per heavy atom. The van der Waals surface area contributed by atoms with Crippen LogP contribution in [0.25, 0.3) is 10.8 Å². The van der Waals surface area contributed by atoms with Crippen LogP contribution in [0.4, 0.5) is 13.2 Å². The standard InChI is InChI=1S/C23H18F3NO4/c24-23(25,26)16-8-5-14(6-9-16)13-31-19-17-4-2-1-3-15(17)7-10-18(19)20(28)27-22(11-12-22)21(29)30/h1-10H,11-13H2,(H,27,28)(H,29,30). The maximum atomic E-state index is 12.9. The molecule has 0 radical (unpaired) electrons. The molecule has 1 aliphatic rings. The lowest BCUT2D eigenvalue weighted by atomic mass is 10.0. The number of carbonyl (C=O) groups is 2. The average Bonchev–Trinajstić information content (AvgIpc) is 3.52. The SMILES string of the molecule is O=C(NC1(C(=O)O)CC1)c1ccc2ccccc2c1OCc1ccc(C(F)(F)F)cc1. The van der Waals surface area contributed by atoms with Crippen LogP contribution in [0.15, 0.2) is 60.7 Å². The van der Waals surface area contributed by atoms with E-state index in [9.17, 15) is 27.9 Å². The zero-order valence-electron chi connectivity index (χ0n) is 16.2. The first kappa shape index (κ1) is 20.7. The molecular weight excluding hydrogens is 411 g/mol. The fourth-order valence-electron chi connectivity index (χ4n) is 3.32. The van der Waals surface area contributed by atoms with Crippen LogP contribution in [0.3, 0.4) is 0 Å². The number of halogens is 3. The van der Waals surface area contributed by atoms with E-state index in [-0.39, 0.29) is 17.9 Å². The molecule has 0 aliphatic heterocycles. The maximum Gasteiger partial charge on any atom is 0.416 e. The maximum absolute atomic E-state index is 12.9. The van der Waals surface area contributed by atoms with Crippen LogP contribution in [0, 0.1) is 0 Å². The average molecular weight is 429 g/mol. The molecule has 0 heterocycles. The molecule has 0 unspecified atom stereocenters. The van der Waals surface area contributed by atoms with Gasteiger partial charge in [-0.05, 0) is 42.0 Å². The second-order valence-electron chi connectivity index (χ2n) is 7.49. The lowest BCUT2D eigenvalue weighted by Gasteiger charge is -2.17. The molecule has 3 aromatic rings. The third kappa shape index (κ3) is 4.19. The second kappa shape index (κ2) is 7.61. The molecule has 160 valence electrons. The van der Waals surface area contributed by atoms with E-state index < -0.39 is 29.2 Å². The number of nitrogens with one attached hydrogen (secondary N) is 1. The molecule has 0 saturated heterocycles. The van der Waals surface area contributed by atoms with E-state index in [0.29, 0.717) is 23.8 Å². The molecule has 8 heteroatoms. The van der Waals surface area contributed by atoms with Crippen LogP contribution in [0.5, 0.6) is 5.75 Å². The molecule has 1 aliphatic carbocycles. The fourth-order valence-corrected chi connectivity index (χ4v) is 3.32. The summed E-state index contributed by atoms with van der Waals surface area (Å²) in [4.78, 5) is 24.3. The summed E-state index contributed by atoms with van der Waals surface area (Å²) in [6.45, 7) is -0.0590. The highest BCUT2D eigenvalue weighted by Gasteiger charge is 2.52. The number of amides is 1. The summed E-state index contributed by atoms with van der Waals surface area (Å²) in [5.74, 6) is -1.42. The quantitative estimate of drug-likeness (QED) is 0.591. The van der Waals surface area contributed by atoms with Crippen LogP contribution in [0.2, 0.25) is 0 Å². The molecule has 1 fully saturated rings. The van der Waals surface area contributed by atoms with Gasteiger partial charge in [0.25, 0.3) is 5.91 Å². The Morgan fingerprint density at radius 3 is 2.29 bits per heavy atom. The summed E-state index contributed by atoms with van der Waals surface area (Å²) < 4.78 is 44.2. The molecule has 1 amide bonds. The van der Waals surface area contributed by atoms with Gasteiger partial charge < -0.3 is 15.2 Å². The minimum absolute atomic E-state index is 0.0590. The molecular formula is C23H18F3NO4. The number of benzene rings is 3. The first-order valence-electron chi connectivity index (χ1n) is 9.56. The summed E-state index contributed by atoms with van der Waals surface area (Å²) in [6, 6.07) is 15.1. The number of ether oxygens (including phenoxy) is 1. The Bertz CT molecular complexity index is 1150. The minimum Gasteiger partial charge on any atom is -0.487 e. The van der Waals surface area contributed by atoms with E-state index in [1.54, 1.807) is 24.3 Å². The number of hydrogen-bond donors (Lipinski definition) is 2. The van der Waals surface area contributed by atoms with Gasteiger partial charge in [0.2, 0.25) is 0 Å². The van der Waals surface area contributed by atoms with Gasteiger partial charge in [-0.1, -0.05) is 42.5 Å². The van der Waals surface area contributed by atoms with E-state index in [1.165, 1.54) is 12.1 Å². The Morgan fingerprint density at radius 1 is 1.00 bits per heavy atom. The molecule has 0 atom stereocenters. The first-order chi connectivity index (χ1) is 14.7. The minimum atomic E-state index is -4.43. The molecule has 3 aromatic carbocycles. The number of carboxylic acids is 1.